The van der Waals surface area contributed by atoms with Crippen molar-refractivity contribution in [2.45, 2.75) is 26.3 Å². The fourth-order valence-corrected chi connectivity index (χ4v) is 1.69. The summed E-state index contributed by atoms with van der Waals surface area (Å²) in [6.07, 6.45) is 1.09. The normalized spacial score (nSPS) is 11.0. The lowest BCUT2D eigenvalue weighted by atomic mass is 10.2. The Bertz CT molecular complexity index is 366. The average molecular weight is 251 g/mol. The molecule has 0 aliphatic carbocycles. The molecule has 0 aliphatic rings. The van der Waals surface area contributed by atoms with Crippen molar-refractivity contribution >= 4 is 11.4 Å². The molecule has 0 spiro atoms. The van der Waals surface area contributed by atoms with Crippen molar-refractivity contribution in [2.75, 3.05) is 38.3 Å². The van der Waals surface area contributed by atoms with Gasteiger partial charge in [0.15, 0.2) is 0 Å². The van der Waals surface area contributed by atoms with Gasteiger partial charge < -0.3 is 20.7 Å². The molecule has 1 aromatic rings. The number of nitrogens with two attached hydrogens (primary N) is 1. The molecule has 4 heteroatoms. The van der Waals surface area contributed by atoms with E-state index < -0.39 is 0 Å². The molecule has 18 heavy (non-hydrogen) atoms. The highest BCUT2D eigenvalue weighted by molar-refractivity contribution is 5.72. The zero-order valence-corrected chi connectivity index (χ0v) is 11.9. The lowest BCUT2D eigenvalue weighted by Crippen LogP contribution is -2.28. The topological polar surface area (TPSA) is 50.5 Å². The van der Waals surface area contributed by atoms with Crippen LogP contribution in [0.3, 0.4) is 0 Å². The van der Waals surface area contributed by atoms with Crippen molar-refractivity contribution in [3.05, 3.63) is 18.2 Å². The summed E-state index contributed by atoms with van der Waals surface area (Å²) >= 11 is 0. The molecule has 0 amide bonds. The highest BCUT2D eigenvalue weighted by atomic mass is 16.5. The first-order chi connectivity index (χ1) is 8.56. The minimum Gasteiger partial charge on any atom is -0.495 e. The number of hydrogen-bond acceptors (Lipinski definition) is 4. The lowest BCUT2D eigenvalue weighted by Gasteiger charge is -2.21. The predicted molar refractivity (Wildman–Crippen MR) is 78.3 cm³/mol. The number of hydrogen-bond donors (Lipinski definition) is 2. The maximum Gasteiger partial charge on any atom is 0.143 e. The smallest absolute Gasteiger partial charge is 0.143 e. The number of para-hydroxylation sites is 1. The molecule has 1 aromatic carbocycles. The molecule has 1 rings (SSSR count). The van der Waals surface area contributed by atoms with Crippen LogP contribution in [0.2, 0.25) is 0 Å². The summed E-state index contributed by atoms with van der Waals surface area (Å²) in [7, 11) is 3.78. The van der Waals surface area contributed by atoms with Gasteiger partial charge >= 0.3 is 0 Å². The molecule has 102 valence electrons. The van der Waals surface area contributed by atoms with E-state index in [0.717, 1.165) is 30.9 Å². The summed E-state index contributed by atoms with van der Waals surface area (Å²) in [4.78, 5) is 2.33. The monoisotopic (exact) mass is 251 g/mol. The molecular weight excluding hydrogens is 226 g/mol. The molecule has 4 nitrogen and oxygen atoms in total. The molecule has 0 saturated carbocycles. The van der Waals surface area contributed by atoms with Crippen LogP contribution in [0.4, 0.5) is 11.4 Å². The fraction of sp³-hybridized carbons (Fsp3) is 0.571. The molecule has 0 aliphatic heterocycles. The van der Waals surface area contributed by atoms with Gasteiger partial charge in [0.05, 0.1) is 18.5 Å². The van der Waals surface area contributed by atoms with E-state index in [4.69, 9.17) is 10.5 Å². The number of benzene rings is 1. The quantitative estimate of drug-likeness (QED) is 0.577. The molecule has 0 unspecified atom stereocenters. The number of anilines is 2. The third kappa shape index (κ3) is 4.11. The largest absolute Gasteiger partial charge is 0.495 e. The van der Waals surface area contributed by atoms with E-state index >= 15 is 0 Å². The zero-order chi connectivity index (χ0) is 13.5. The maximum absolute atomic E-state index is 5.99. The van der Waals surface area contributed by atoms with Crippen molar-refractivity contribution in [3.8, 4) is 5.75 Å². The maximum atomic E-state index is 5.99. The number of ether oxygens (including phenoxy) is 1. The molecule has 0 saturated heterocycles. The highest BCUT2D eigenvalue weighted by Gasteiger charge is 2.05. The third-order valence-electron chi connectivity index (χ3n) is 3.17. The van der Waals surface area contributed by atoms with Crippen LogP contribution in [0, 0.1) is 0 Å². The van der Waals surface area contributed by atoms with Crippen molar-refractivity contribution in [3.63, 3.8) is 0 Å². The van der Waals surface area contributed by atoms with Gasteiger partial charge in [0.2, 0.25) is 0 Å². The minimum absolute atomic E-state index is 0.590. The van der Waals surface area contributed by atoms with Gasteiger partial charge in [-0.2, -0.15) is 0 Å². The van der Waals surface area contributed by atoms with E-state index in [1.165, 1.54) is 0 Å². The van der Waals surface area contributed by atoms with Gasteiger partial charge in [0, 0.05) is 12.6 Å². The Kier molecular flexibility index (Phi) is 5.78. The van der Waals surface area contributed by atoms with Crippen LogP contribution in [0.1, 0.15) is 20.3 Å². The molecule has 0 radical (unpaired) electrons. The number of nitrogens with one attached hydrogen (secondary N) is 1. The van der Waals surface area contributed by atoms with Gasteiger partial charge in [0.25, 0.3) is 0 Å². The van der Waals surface area contributed by atoms with Crippen LogP contribution in [0.25, 0.3) is 0 Å². The van der Waals surface area contributed by atoms with Crippen molar-refractivity contribution in [1.29, 1.82) is 0 Å². The second-order valence-electron chi connectivity index (χ2n) is 4.78. The molecule has 0 atom stereocenters. The summed E-state index contributed by atoms with van der Waals surface area (Å²) in [5.74, 6) is 0.722. The molecular formula is C14H25N3O. The summed E-state index contributed by atoms with van der Waals surface area (Å²) in [5, 5.41) is 3.35. The Hall–Kier alpha value is -1.42. The van der Waals surface area contributed by atoms with Crippen LogP contribution in [0.5, 0.6) is 5.75 Å². The van der Waals surface area contributed by atoms with Crippen LogP contribution in [-0.2, 0) is 0 Å². The summed E-state index contributed by atoms with van der Waals surface area (Å²) in [6, 6.07) is 6.38. The number of methoxy groups -OCH3 is 1. The Morgan fingerprint density at radius 1 is 1.39 bits per heavy atom. The Balaban J connectivity index is 2.40. The van der Waals surface area contributed by atoms with E-state index in [-0.39, 0.29) is 0 Å². The molecule has 0 bridgehead atoms. The fourth-order valence-electron chi connectivity index (χ4n) is 1.69. The Morgan fingerprint density at radius 2 is 2.11 bits per heavy atom. The van der Waals surface area contributed by atoms with E-state index in [2.05, 4.69) is 31.1 Å². The Morgan fingerprint density at radius 3 is 2.72 bits per heavy atom. The van der Waals surface area contributed by atoms with Crippen LogP contribution < -0.4 is 15.8 Å². The van der Waals surface area contributed by atoms with Crippen LogP contribution in [-0.4, -0.2) is 38.2 Å². The third-order valence-corrected chi connectivity index (χ3v) is 3.17. The molecule has 0 fully saturated rings. The first kappa shape index (κ1) is 14.6. The van der Waals surface area contributed by atoms with E-state index in [9.17, 15) is 0 Å². The van der Waals surface area contributed by atoms with E-state index in [1.807, 2.05) is 18.2 Å². The minimum atomic E-state index is 0.590. The van der Waals surface area contributed by atoms with E-state index in [0.29, 0.717) is 11.7 Å². The summed E-state index contributed by atoms with van der Waals surface area (Å²) in [5.41, 5.74) is 7.61. The predicted octanol–water partition coefficient (Wildman–Crippen LogP) is 2.42. The first-order valence-corrected chi connectivity index (χ1v) is 6.42. The number of nitrogen functional groups attached to an aromatic ring is 1. The van der Waals surface area contributed by atoms with Gasteiger partial charge in [0.1, 0.15) is 5.75 Å². The second-order valence-corrected chi connectivity index (χ2v) is 4.78. The summed E-state index contributed by atoms with van der Waals surface area (Å²) in [6.45, 7) is 6.39. The standard InChI is InChI=1S/C14H25N3O/c1-11(2)17(3)10-6-9-16-12-7-5-8-13(18-4)14(12)15/h5,7-8,11,16H,6,9-10,15H2,1-4H3. The summed E-state index contributed by atoms with van der Waals surface area (Å²) < 4.78 is 5.19. The lowest BCUT2D eigenvalue weighted by molar-refractivity contribution is 0.273. The molecule has 0 aromatic heterocycles. The second kappa shape index (κ2) is 7.11. The van der Waals surface area contributed by atoms with Gasteiger partial charge in [-0.05, 0) is 46.0 Å². The molecule has 3 N–H and O–H groups in total. The first-order valence-electron chi connectivity index (χ1n) is 6.42. The highest BCUT2D eigenvalue weighted by Crippen LogP contribution is 2.28. The zero-order valence-electron chi connectivity index (χ0n) is 11.9. The van der Waals surface area contributed by atoms with Gasteiger partial charge in [-0.25, -0.2) is 0 Å². The molecule has 0 heterocycles. The van der Waals surface area contributed by atoms with Crippen molar-refractivity contribution in [2.24, 2.45) is 0 Å². The van der Waals surface area contributed by atoms with Crippen molar-refractivity contribution < 1.29 is 4.74 Å². The van der Waals surface area contributed by atoms with E-state index in [1.54, 1.807) is 7.11 Å². The van der Waals surface area contributed by atoms with Gasteiger partial charge in [-0.1, -0.05) is 6.07 Å². The number of nitrogens with zero attached hydrogens (tertiary/aromatic N) is 1. The van der Waals surface area contributed by atoms with Gasteiger partial charge in [-0.3, -0.25) is 0 Å². The van der Waals surface area contributed by atoms with Gasteiger partial charge in [-0.15, -0.1) is 0 Å². The number of rotatable bonds is 7. The SMILES string of the molecule is COc1cccc(NCCCN(C)C(C)C)c1N. The van der Waals surface area contributed by atoms with Crippen LogP contribution in [0.15, 0.2) is 18.2 Å². The van der Waals surface area contributed by atoms with Crippen LogP contribution >= 0.6 is 0 Å². The van der Waals surface area contributed by atoms with Crippen molar-refractivity contribution in [1.82, 2.24) is 4.90 Å². The Labute approximate surface area is 110 Å². The average Bonchev–Trinajstić information content (AvgIpc) is 2.35.